The predicted molar refractivity (Wildman–Crippen MR) is 11.3 cm³/mol. The maximum Gasteiger partial charge on any atom is 2.00 e. The van der Waals surface area contributed by atoms with Gasteiger partial charge in [0.2, 0.25) is 0 Å². The second kappa shape index (κ2) is 76.6. The molecule has 0 aromatic rings. The van der Waals surface area contributed by atoms with Crippen molar-refractivity contribution in [3.8, 4) is 0 Å². The molecule has 0 amide bonds. The van der Waals surface area contributed by atoms with Crippen LogP contribution >= 0.6 is 0 Å². The number of hydrogen-bond acceptors (Lipinski definition) is 0. The molecule has 0 bridgehead atoms. The molecule has 0 heterocycles. The Morgan fingerprint density at radius 2 is 0.800 bits per heavy atom. The smallest absolute Gasteiger partial charge is 1.00 e. The molecule has 0 aromatic heterocycles. The number of hydrogen-bond donors (Lipinski definition) is 0. The van der Waals surface area contributed by atoms with Gasteiger partial charge in [-0.1, -0.05) is 0 Å². The Labute approximate surface area is 59.7 Å². The van der Waals surface area contributed by atoms with Crippen LogP contribution in [0.25, 0.3) is 0 Å². The molecule has 0 aromatic carbocycles. The zero-order valence-electron chi connectivity index (χ0n) is 2.67. The van der Waals surface area contributed by atoms with Crippen LogP contribution in [0.15, 0.2) is 13.2 Å². The van der Waals surface area contributed by atoms with Crippen molar-refractivity contribution in [1.29, 1.82) is 0 Å². The van der Waals surface area contributed by atoms with Gasteiger partial charge in [-0.15, -0.1) is 13.2 Å². The molecular formula is C2H4Cl2Ti. The van der Waals surface area contributed by atoms with Gasteiger partial charge in [0.05, 0.1) is 0 Å². The van der Waals surface area contributed by atoms with Crippen molar-refractivity contribution in [3.63, 3.8) is 0 Å². The van der Waals surface area contributed by atoms with Crippen molar-refractivity contribution in [1.82, 2.24) is 0 Å². The van der Waals surface area contributed by atoms with Crippen LogP contribution in [0.5, 0.6) is 0 Å². The molecule has 3 heteroatoms. The van der Waals surface area contributed by atoms with Gasteiger partial charge in [0.25, 0.3) is 0 Å². The summed E-state index contributed by atoms with van der Waals surface area (Å²) in [5.74, 6) is 0. The van der Waals surface area contributed by atoms with Crippen LogP contribution in [-0.4, -0.2) is 0 Å². The normalized spacial score (nSPS) is 0.800. The largest absolute Gasteiger partial charge is 2.00 e. The van der Waals surface area contributed by atoms with Gasteiger partial charge in [-0.3, -0.25) is 0 Å². The Hall–Kier alpha value is 1.03. The number of rotatable bonds is 0. The minimum Gasteiger partial charge on any atom is -1.00 e. The Kier molecular flexibility index (Phi) is 566. The van der Waals surface area contributed by atoms with Gasteiger partial charge in [0.1, 0.15) is 0 Å². The molecule has 0 aliphatic carbocycles. The minimum absolute atomic E-state index is 0. The van der Waals surface area contributed by atoms with Crippen LogP contribution in [0.2, 0.25) is 0 Å². The van der Waals surface area contributed by atoms with E-state index in [1.54, 1.807) is 0 Å². The van der Waals surface area contributed by atoms with Gasteiger partial charge in [-0.25, -0.2) is 0 Å². The van der Waals surface area contributed by atoms with E-state index < -0.39 is 0 Å². The Morgan fingerprint density at radius 3 is 0.800 bits per heavy atom. The molecule has 0 rings (SSSR count). The third-order valence-corrected chi connectivity index (χ3v) is 0. The molecule has 0 saturated carbocycles. The van der Waals surface area contributed by atoms with Crippen molar-refractivity contribution in [3.05, 3.63) is 13.2 Å². The Bertz CT molecular complexity index is 7.61. The maximum atomic E-state index is 3.00. The van der Waals surface area contributed by atoms with Crippen molar-refractivity contribution >= 4 is 0 Å². The fourth-order valence-corrected chi connectivity index (χ4v) is 0. The second-order valence-corrected chi connectivity index (χ2v) is 0. The topological polar surface area (TPSA) is 0 Å². The molecule has 0 N–H and O–H groups in total. The maximum absolute atomic E-state index is 3.00. The van der Waals surface area contributed by atoms with Gasteiger partial charge in [-0.05, 0) is 0 Å². The minimum atomic E-state index is 0. The van der Waals surface area contributed by atoms with Crippen LogP contribution in [0.1, 0.15) is 0 Å². The molecule has 0 spiro atoms. The van der Waals surface area contributed by atoms with E-state index >= 15 is 0 Å². The number of halogens is 2. The zero-order chi connectivity index (χ0) is 2.00. The Morgan fingerprint density at radius 1 is 0.800 bits per heavy atom. The standard InChI is InChI=1S/C2H4.2ClH.Ti/c1-2;;;/h1-2H2;2*1H;/q;;;+2/p-2. The van der Waals surface area contributed by atoms with E-state index in [-0.39, 0.29) is 46.5 Å². The molecule has 0 unspecified atom stereocenters. The van der Waals surface area contributed by atoms with E-state index in [1.165, 1.54) is 0 Å². The van der Waals surface area contributed by atoms with Crippen LogP contribution < -0.4 is 24.8 Å². The molecule has 0 fully saturated rings. The summed E-state index contributed by atoms with van der Waals surface area (Å²) in [6, 6.07) is 0. The monoisotopic (exact) mass is 146 g/mol. The zero-order valence-corrected chi connectivity index (χ0v) is 5.74. The fourth-order valence-electron chi connectivity index (χ4n) is 0. The van der Waals surface area contributed by atoms with Crippen LogP contribution in [-0.2, 0) is 21.7 Å². The van der Waals surface area contributed by atoms with Crippen LogP contribution in [0.4, 0.5) is 0 Å². The SMILES string of the molecule is C=C.[Cl-].[Cl-].[Ti+2]. The van der Waals surface area contributed by atoms with Crippen molar-refractivity contribution in [2.45, 2.75) is 0 Å². The summed E-state index contributed by atoms with van der Waals surface area (Å²) in [6.45, 7) is 6.00. The van der Waals surface area contributed by atoms with E-state index in [1.807, 2.05) is 0 Å². The quantitative estimate of drug-likeness (QED) is 0.237. The van der Waals surface area contributed by atoms with Crippen molar-refractivity contribution < 1.29 is 46.5 Å². The third-order valence-electron chi connectivity index (χ3n) is 0. The summed E-state index contributed by atoms with van der Waals surface area (Å²) < 4.78 is 0. The average Bonchev–Trinajstić information content (AvgIpc) is 1.00. The summed E-state index contributed by atoms with van der Waals surface area (Å²) >= 11 is 0. The summed E-state index contributed by atoms with van der Waals surface area (Å²) in [7, 11) is 0. The summed E-state index contributed by atoms with van der Waals surface area (Å²) in [4.78, 5) is 0. The van der Waals surface area contributed by atoms with Crippen LogP contribution in [0, 0.1) is 0 Å². The van der Waals surface area contributed by atoms with E-state index in [9.17, 15) is 0 Å². The van der Waals surface area contributed by atoms with E-state index in [0.29, 0.717) is 0 Å². The summed E-state index contributed by atoms with van der Waals surface area (Å²) in [6.07, 6.45) is 0. The van der Waals surface area contributed by atoms with Gasteiger partial charge >= 0.3 is 21.7 Å². The first-order valence-corrected chi connectivity index (χ1v) is 0.500. The third kappa shape index (κ3) is 43.3. The van der Waals surface area contributed by atoms with Gasteiger partial charge in [0, 0.05) is 0 Å². The molecule has 0 aliphatic rings. The molecule has 30 valence electrons. The summed E-state index contributed by atoms with van der Waals surface area (Å²) in [5, 5.41) is 0. The molecule has 0 atom stereocenters. The van der Waals surface area contributed by atoms with E-state index in [0.717, 1.165) is 0 Å². The van der Waals surface area contributed by atoms with Crippen molar-refractivity contribution in [2.75, 3.05) is 0 Å². The summed E-state index contributed by atoms with van der Waals surface area (Å²) in [5.41, 5.74) is 0. The molecule has 0 nitrogen and oxygen atoms in total. The van der Waals surface area contributed by atoms with Crippen LogP contribution in [0.3, 0.4) is 0 Å². The van der Waals surface area contributed by atoms with Gasteiger partial charge < -0.3 is 24.8 Å². The predicted octanol–water partition coefficient (Wildman–Crippen LogP) is -5.19. The molecular weight excluding hydrogens is 143 g/mol. The first-order chi connectivity index (χ1) is 1.00. The molecule has 0 aliphatic heterocycles. The first kappa shape index (κ1) is 37.0. The molecule has 0 saturated heterocycles. The van der Waals surface area contributed by atoms with Gasteiger partial charge in [0.15, 0.2) is 0 Å². The molecule has 0 radical (unpaired) electrons. The fraction of sp³-hybridized carbons (Fsp3) is 0. The van der Waals surface area contributed by atoms with E-state index in [4.69, 9.17) is 0 Å². The van der Waals surface area contributed by atoms with E-state index in [2.05, 4.69) is 13.2 Å². The Balaban J connectivity index is -0.00000000167. The van der Waals surface area contributed by atoms with Crippen molar-refractivity contribution in [2.24, 2.45) is 0 Å². The first-order valence-electron chi connectivity index (χ1n) is 0.500. The average molecular weight is 147 g/mol. The molecule has 5 heavy (non-hydrogen) atoms. The second-order valence-electron chi connectivity index (χ2n) is 0. The van der Waals surface area contributed by atoms with Gasteiger partial charge in [-0.2, -0.15) is 0 Å².